The van der Waals surface area contributed by atoms with Gasteiger partial charge in [0.1, 0.15) is 5.75 Å². The number of nitrogens with two attached hydrogens (primary N) is 1. The minimum Gasteiger partial charge on any atom is -0.494 e. The van der Waals surface area contributed by atoms with Crippen LogP contribution in [0.2, 0.25) is 5.02 Å². The number of hydrogen-bond donors (Lipinski definition) is 2. The van der Waals surface area contributed by atoms with Crippen molar-refractivity contribution in [1.29, 1.82) is 0 Å². The van der Waals surface area contributed by atoms with Crippen molar-refractivity contribution < 1.29 is 27.8 Å². The molecule has 0 saturated carbocycles. The largest absolute Gasteiger partial charge is 0.494 e. The lowest BCUT2D eigenvalue weighted by atomic mass is 9.85. The number of carbonyl (C=O) groups is 1. The molecule has 9 heteroatoms. The number of ether oxygens (including phenoxy) is 1. The molecular weight excluding hydrogens is 637 g/mol. The van der Waals surface area contributed by atoms with Gasteiger partial charge >= 0.3 is 6.18 Å². The number of primary amides is 1. The maximum Gasteiger partial charge on any atom is 0.417 e. The fourth-order valence-electron chi connectivity index (χ4n) is 5.85. The minimum atomic E-state index is -4.57. The summed E-state index contributed by atoms with van der Waals surface area (Å²) in [6.45, 7) is 1.45. The Bertz CT molecular complexity index is 1750. The second kappa shape index (κ2) is 15.5. The summed E-state index contributed by atoms with van der Waals surface area (Å²) >= 11 is 6.34. The molecule has 0 spiro atoms. The van der Waals surface area contributed by atoms with Gasteiger partial charge in [-0.3, -0.25) is 9.69 Å². The van der Waals surface area contributed by atoms with Gasteiger partial charge in [0.2, 0.25) is 0 Å². The van der Waals surface area contributed by atoms with Gasteiger partial charge in [-0.25, -0.2) is 0 Å². The summed E-state index contributed by atoms with van der Waals surface area (Å²) in [5.41, 5.74) is 5.90. The van der Waals surface area contributed by atoms with Gasteiger partial charge in [0, 0.05) is 31.1 Å². The Kier molecular flexibility index (Phi) is 11.2. The first kappa shape index (κ1) is 34.7. The quantitative estimate of drug-likeness (QED) is 0.117. The molecule has 0 bridgehead atoms. The summed E-state index contributed by atoms with van der Waals surface area (Å²) in [6.07, 6.45) is -4.05. The van der Waals surface area contributed by atoms with Gasteiger partial charge in [-0.15, -0.1) is 0 Å². The number of nitrogens with zero attached hydrogens (tertiary/aromatic N) is 1. The molecule has 48 heavy (non-hydrogen) atoms. The molecule has 0 heterocycles. The molecule has 5 nitrogen and oxygen atoms in total. The second-order valence-electron chi connectivity index (χ2n) is 11.6. The van der Waals surface area contributed by atoms with Crippen LogP contribution in [0, 0.1) is 0 Å². The zero-order valence-corrected chi connectivity index (χ0v) is 26.9. The second-order valence-corrected chi connectivity index (χ2v) is 11.9. The number of aliphatic hydroxyl groups is 1. The number of halogens is 4. The summed E-state index contributed by atoms with van der Waals surface area (Å²) in [4.78, 5) is 14.6. The fourth-order valence-corrected chi connectivity index (χ4v) is 6.14. The van der Waals surface area contributed by atoms with Crippen molar-refractivity contribution in [2.75, 3.05) is 19.7 Å². The van der Waals surface area contributed by atoms with E-state index in [2.05, 4.69) is 4.90 Å². The van der Waals surface area contributed by atoms with Crippen molar-refractivity contribution in [3.63, 3.8) is 0 Å². The first-order valence-corrected chi connectivity index (χ1v) is 15.9. The highest BCUT2D eigenvalue weighted by atomic mass is 35.5. The van der Waals surface area contributed by atoms with E-state index in [4.69, 9.17) is 22.1 Å². The van der Waals surface area contributed by atoms with Crippen molar-refractivity contribution in [2.24, 2.45) is 5.73 Å². The third-order valence-corrected chi connectivity index (χ3v) is 8.76. The first-order valence-electron chi connectivity index (χ1n) is 15.6. The lowest BCUT2D eigenvalue weighted by molar-refractivity contribution is -0.137. The van der Waals surface area contributed by atoms with Crippen molar-refractivity contribution in [1.82, 2.24) is 4.90 Å². The number of rotatable bonds is 14. The predicted octanol–water partition coefficient (Wildman–Crippen LogP) is 8.18. The van der Waals surface area contributed by atoms with Crippen molar-refractivity contribution in [3.05, 3.63) is 172 Å². The molecule has 3 N–H and O–H groups in total. The van der Waals surface area contributed by atoms with Crippen LogP contribution in [0.3, 0.4) is 0 Å². The minimum absolute atomic E-state index is 0.0564. The molecule has 5 rings (SSSR count). The molecule has 0 aromatic heterocycles. The van der Waals surface area contributed by atoms with Gasteiger partial charge in [-0.1, -0.05) is 127 Å². The van der Waals surface area contributed by atoms with Crippen LogP contribution in [-0.2, 0) is 23.1 Å². The van der Waals surface area contributed by atoms with Crippen molar-refractivity contribution in [2.45, 2.75) is 30.7 Å². The third kappa shape index (κ3) is 8.26. The van der Waals surface area contributed by atoms with Gasteiger partial charge in [-0.2, -0.15) is 13.2 Å². The molecule has 0 aliphatic rings. The van der Waals surface area contributed by atoms with Gasteiger partial charge in [0.25, 0.3) is 5.91 Å². The standard InChI is InChI=1S/C39H36ClF3N2O3/c40-36-30(17-10-22-35(36)39(41,42)43)26-45(27-34(28-13-4-1-5-14-28)29-15-6-2-7-16-29)23-12-24-48-33-21-11-20-32(25-33)38(47,37(44)46)31-18-8-3-9-19-31/h1-11,13-22,25,34,47H,12,23-24,26-27H2,(H2,44,46). The van der Waals surface area contributed by atoms with Crippen LogP contribution in [-0.4, -0.2) is 35.6 Å². The van der Waals surface area contributed by atoms with E-state index in [1.165, 1.54) is 6.07 Å². The van der Waals surface area contributed by atoms with Crippen LogP contribution in [0.25, 0.3) is 0 Å². The van der Waals surface area contributed by atoms with E-state index in [1.807, 2.05) is 60.7 Å². The van der Waals surface area contributed by atoms with Crippen LogP contribution < -0.4 is 10.5 Å². The molecule has 1 amide bonds. The van der Waals surface area contributed by atoms with Gasteiger partial charge in [0.15, 0.2) is 5.60 Å². The molecular formula is C39H36ClF3N2O3. The predicted molar refractivity (Wildman–Crippen MR) is 182 cm³/mol. The van der Waals surface area contributed by atoms with Crippen LogP contribution in [0.1, 0.15) is 45.7 Å². The Morgan fingerprint density at radius 1 is 0.792 bits per heavy atom. The van der Waals surface area contributed by atoms with Crippen LogP contribution in [0.15, 0.2) is 133 Å². The number of alkyl halides is 3. The Balaban J connectivity index is 1.36. The normalized spacial score (nSPS) is 13.0. The van der Waals surface area contributed by atoms with E-state index < -0.39 is 23.2 Å². The average molecular weight is 673 g/mol. The highest BCUT2D eigenvalue weighted by Gasteiger charge is 2.38. The topological polar surface area (TPSA) is 75.8 Å². The number of benzene rings is 5. The van der Waals surface area contributed by atoms with Crippen molar-refractivity contribution in [3.8, 4) is 5.75 Å². The molecule has 0 aliphatic carbocycles. The van der Waals surface area contributed by atoms with Crippen LogP contribution in [0.4, 0.5) is 13.2 Å². The maximum atomic E-state index is 13.7. The average Bonchev–Trinajstić information content (AvgIpc) is 3.10. The maximum absolute atomic E-state index is 13.7. The summed E-state index contributed by atoms with van der Waals surface area (Å²) in [5, 5.41) is 11.1. The van der Waals surface area contributed by atoms with Gasteiger partial charge < -0.3 is 15.6 Å². The molecule has 0 fully saturated rings. The zero-order valence-electron chi connectivity index (χ0n) is 26.1. The van der Waals surface area contributed by atoms with Gasteiger partial charge in [-0.05, 0) is 46.9 Å². The Morgan fingerprint density at radius 3 is 1.94 bits per heavy atom. The summed E-state index contributed by atoms with van der Waals surface area (Å²) in [7, 11) is 0. The molecule has 1 atom stereocenters. The zero-order chi connectivity index (χ0) is 34.1. The summed E-state index contributed by atoms with van der Waals surface area (Å²) < 4.78 is 47.2. The number of carbonyl (C=O) groups excluding carboxylic acids is 1. The summed E-state index contributed by atoms with van der Waals surface area (Å²) in [5.74, 6) is -0.540. The lowest BCUT2D eigenvalue weighted by Gasteiger charge is -2.29. The molecule has 0 aliphatic heterocycles. The van der Waals surface area contributed by atoms with E-state index >= 15 is 0 Å². The Hall–Kier alpha value is -4.63. The molecule has 5 aromatic carbocycles. The third-order valence-electron chi connectivity index (χ3n) is 8.31. The smallest absolute Gasteiger partial charge is 0.417 e. The highest BCUT2D eigenvalue weighted by molar-refractivity contribution is 6.32. The molecule has 1 unspecified atom stereocenters. The van der Waals surface area contributed by atoms with Crippen LogP contribution in [0.5, 0.6) is 5.75 Å². The fraction of sp³-hybridized carbons (Fsp3) is 0.205. The molecule has 0 saturated heterocycles. The SMILES string of the molecule is NC(=O)C(O)(c1ccccc1)c1cccc(OCCCN(Cc2cccc(C(F)(F)F)c2Cl)CC(c2ccccc2)c2ccccc2)c1. The molecule has 248 valence electrons. The van der Waals surface area contributed by atoms with E-state index in [9.17, 15) is 23.1 Å². The van der Waals surface area contributed by atoms with Crippen LogP contribution >= 0.6 is 11.6 Å². The number of hydrogen-bond acceptors (Lipinski definition) is 4. The molecule has 0 radical (unpaired) electrons. The van der Waals surface area contributed by atoms with E-state index in [0.29, 0.717) is 36.4 Å². The highest BCUT2D eigenvalue weighted by Crippen LogP contribution is 2.37. The monoisotopic (exact) mass is 672 g/mol. The lowest BCUT2D eigenvalue weighted by Crippen LogP contribution is -2.42. The Labute approximate surface area is 283 Å². The molecule has 5 aromatic rings. The Morgan fingerprint density at radius 2 is 1.35 bits per heavy atom. The summed E-state index contributed by atoms with van der Waals surface area (Å²) in [6, 6.07) is 39.0. The van der Waals surface area contributed by atoms with E-state index in [1.54, 1.807) is 60.7 Å². The van der Waals surface area contributed by atoms with E-state index in [0.717, 1.165) is 17.2 Å². The van der Waals surface area contributed by atoms with Gasteiger partial charge in [0.05, 0.1) is 17.2 Å². The van der Waals surface area contributed by atoms with E-state index in [-0.39, 0.29) is 29.7 Å². The van der Waals surface area contributed by atoms with Crippen molar-refractivity contribution >= 4 is 17.5 Å². The number of amides is 1. The first-order chi connectivity index (χ1) is 23.1.